The van der Waals surface area contributed by atoms with E-state index in [1.54, 1.807) is 30.3 Å². The van der Waals surface area contributed by atoms with Gasteiger partial charge in [0.25, 0.3) is 5.56 Å². The zero-order chi connectivity index (χ0) is 28.1. The van der Waals surface area contributed by atoms with E-state index in [1.165, 1.54) is 4.57 Å². The van der Waals surface area contributed by atoms with E-state index >= 15 is 0 Å². The monoisotopic (exact) mass is 592 g/mol. The number of aromatic amines is 1. The number of H-pyrrole nitrogens is 1. The first kappa shape index (κ1) is 27.0. The first-order chi connectivity index (χ1) is 18.5. The highest BCUT2D eigenvalue weighted by atomic mass is 35.5. The third-order valence-electron chi connectivity index (χ3n) is 6.08. The minimum absolute atomic E-state index is 0.00156. The first-order valence-corrected chi connectivity index (χ1v) is 14.2. The maximum absolute atomic E-state index is 13.9. The fourth-order valence-corrected chi connectivity index (χ4v) is 5.43. The van der Waals surface area contributed by atoms with Crippen LogP contribution in [0.15, 0.2) is 53.3 Å². The van der Waals surface area contributed by atoms with Gasteiger partial charge < -0.3 is 5.73 Å². The molecule has 202 valence electrons. The molecule has 0 aliphatic carbocycles. The number of rotatable bonds is 7. The van der Waals surface area contributed by atoms with E-state index in [2.05, 4.69) is 19.9 Å². The summed E-state index contributed by atoms with van der Waals surface area (Å²) in [6.45, 7) is 0. The first-order valence-electron chi connectivity index (χ1n) is 11.4. The van der Waals surface area contributed by atoms with Gasteiger partial charge in [0.1, 0.15) is 17.5 Å². The fourth-order valence-electron chi connectivity index (χ4n) is 4.46. The van der Waals surface area contributed by atoms with Crippen molar-refractivity contribution in [1.82, 2.24) is 19.7 Å². The molecule has 0 fully saturated rings. The summed E-state index contributed by atoms with van der Waals surface area (Å²) in [5.74, 6) is -1.40. The lowest BCUT2D eigenvalue weighted by molar-refractivity contribution is 0.570. The molecule has 2 aromatic heterocycles. The number of alkyl halides is 1. The molecule has 0 saturated carbocycles. The molecule has 2 heterocycles. The molecule has 0 radical (unpaired) electrons. The average molecular weight is 593 g/mol. The maximum atomic E-state index is 13.9. The predicted molar refractivity (Wildman–Crippen MR) is 147 cm³/mol. The largest absolute Gasteiger partial charge is 0.324 e. The fraction of sp³-hybridized carbons (Fsp3) is 0.160. The van der Waals surface area contributed by atoms with Crippen LogP contribution in [0.25, 0.3) is 27.5 Å². The number of hydrogen-bond donors (Lipinski definition) is 3. The third kappa shape index (κ3) is 5.20. The molecule has 0 spiro atoms. The summed E-state index contributed by atoms with van der Waals surface area (Å²) in [6, 6.07) is 10.0. The molecule has 5 aromatic rings. The lowest BCUT2D eigenvalue weighted by Crippen LogP contribution is -2.27. The van der Waals surface area contributed by atoms with Gasteiger partial charge in [-0.1, -0.05) is 23.7 Å². The van der Waals surface area contributed by atoms with Crippen molar-refractivity contribution in [3.63, 3.8) is 0 Å². The Morgan fingerprint density at radius 1 is 1.13 bits per heavy atom. The smallest absolute Gasteiger partial charge is 0.267 e. The number of nitrogens with one attached hydrogen (secondary N) is 2. The van der Waals surface area contributed by atoms with Crippen LogP contribution in [0.4, 0.5) is 14.6 Å². The number of benzene rings is 3. The predicted octanol–water partition coefficient (Wildman–Crippen LogP) is 4.55. The number of nitrogens with two attached hydrogens (primary N) is 1. The number of aromatic nitrogens is 4. The molecule has 3 aromatic carbocycles. The van der Waals surface area contributed by atoms with E-state index in [4.69, 9.17) is 28.9 Å². The van der Waals surface area contributed by atoms with Crippen molar-refractivity contribution in [2.75, 3.05) is 11.0 Å². The number of sulfonamides is 1. The Balaban J connectivity index is 1.78. The van der Waals surface area contributed by atoms with Gasteiger partial charge in [0.15, 0.2) is 5.82 Å². The average Bonchev–Trinajstić information content (AvgIpc) is 3.25. The summed E-state index contributed by atoms with van der Waals surface area (Å²) in [6.07, 6.45) is 0.883. The Morgan fingerprint density at radius 2 is 1.85 bits per heavy atom. The molecule has 4 N–H and O–H groups in total. The number of anilines is 1. The molecule has 9 nitrogen and oxygen atoms in total. The van der Waals surface area contributed by atoms with Crippen LogP contribution < -0.4 is 16.0 Å². The standard InChI is InChI=1S/C25H20Cl2F2N6O3S/c1-39(37,38)34-24-21-12(11-26)5-6-19(23(21)32-33-24)35-20(10-17(30)13-7-14(28)9-15(29)8-13)31-18-4-2-3-16(27)22(18)25(35)36/h2-9,17H,10-11,30H2,1H3,(H2,32,33,34)/t17-/m1/s1. The Kier molecular flexibility index (Phi) is 7.06. The topological polar surface area (TPSA) is 136 Å². The molecule has 1 atom stereocenters. The van der Waals surface area contributed by atoms with Gasteiger partial charge in [-0.25, -0.2) is 22.2 Å². The quantitative estimate of drug-likeness (QED) is 0.237. The van der Waals surface area contributed by atoms with Gasteiger partial charge in [-0.15, -0.1) is 11.6 Å². The molecule has 0 unspecified atom stereocenters. The molecule has 0 aliphatic rings. The normalized spacial score (nSPS) is 12.8. The van der Waals surface area contributed by atoms with Gasteiger partial charge in [-0.05, 0) is 41.5 Å². The lowest BCUT2D eigenvalue weighted by Gasteiger charge is -2.19. The molecule has 0 bridgehead atoms. The van der Waals surface area contributed by atoms with E-state index < -0.39 is 33.3 Å². The zero-order valence-corrected chi connectivity index (χ0v) is 22.5. The number of fused-ring (bicyclic) bond motifs is 2. The maximum Gasteiger partial charge on any atom is 0.267 e. The minimum Gasteiger partial charge on any atom is -0.324 e. The van der Waals surface area contributed by atoms with Gasteiger partial charge in [0.05, 0.1) is 38.8 Å². The lowest BCUT2D eigenvalue weighted by atomic mass is 10.0. The van der Waals surface area contributed by atoms with Crippen LogP contribution >= 0.6 is 23.2 Å². The molecule has 5 rings (SSSR count). The Labute approximate surface area is 230 Å². The van der Waals surface area contributed by atoms with Crippen molar-refractivity contribution in [3.05, 3.63) is 92.5 Å². The highest BCUT2D eigenvalue weighted by Crippen LogP contribution is 2.32. The number of hydrogen-bond acceptors (Lipinski definition) is 6. The molecule has 14 heteroatoms. The summed E-state index contributed by atoms with van der Waals surface area (Å²) in [7, 11) is -3.70. The summed E-state index contributed by atoms with van der Waals surface area (Å²) >= 11 is 12.5. The summed E-state index contributed by atoms with van der Waals surface area (Å²) in [4.78, 5) is 18.6. The summed E-state index contributed by atoms with van der Waals surface area (Å²) in [5, 5.41) is 7.53. The van der Waals surface area contributed by atoms with Crippen LogP contribution in [0.2, 0.25) is 5.02 Å². The molecule has 0 saturated heterocycles. The van der Waals surface area contributed by atoms with E-state index in [-0.39, 0.29) is 45.6 Å². The highest BCUT2D eigenvalue weighted by molar-refractivity contribution is 7.92. The second kappa shape index (κ2) is 10.2. The van der Waals surface area contributed by atoms with Crippen molar-refractivity contribution in [1.29, 1.82) is 0 Å². The van der Waals surface area contributed by atoms with Crippen molar-refractivity contribution in [2.45, 2.75) is 18.3 Å². The van der Waals surface area contributed by atoms with Crippen molar-refractivity contribution < 1.29 is 17.2 Å². The number of halogens is 4. The van der Waals surface area contributed by atoms with Gasteiger partial charge >= 0.3 is 0 Å². The molecule has 0 aliphatic heterocycles. The molecule has 39 heavy (non-hydrogen) atoms. The Bertz CT molecular complexity index is 1910. The van der Waals surface area contributed by atoms with Crippen LogP contribution in [0.1, 0.15) is 23.0 Å². The summed E-state index contributed by atoms with van der Waals surface area (Å²) < 4.78 is 55.3. The molecular weight excluding hydrogens is 573 g/mol. The summed E-state index contributed by atoms with van der Waals surface area (Å²) in [5.41, 5.74) is 7.37. The molecular formula is C25H20Cl2F2N6O3S. The van der Waals surface area contributed by atoms with Crippen LogP contribution in [0, 0.1) is 11.6 Å². The van der Waals surface area contributed by atoms with Crippen molar-refractivity contribution >= 4 is 60.8 Å². The van der Waals surface area contributed by atoms with Gasteiger partial charge in [0.2, 0.25) is 10.0 Å². The van der Waals surface area contributed by atoms with E-state index in [0.717, 1.165) is 24.5 Å². The van der Waals surface area contributed by atoms with Gasteiger partial charge in [0, 0.05) is 24.4 Å². The van der Waals surface area contributed by atoms with E-state index in [9.17, 15) is 22.0 Å². The molecule has 0 amide bonds. The van der Waals surface area contributed by atoms with Crippen LogP contribution in [0.3, 0.4) is 0 Å². The second-order valence-electron chi connectivity index (χ2n) is 8.89. The Morgan fingerprint density at radius 3 is 2.51 bits per heavy atom. The number of nitrogens with zero attached hydrogens (tertiary/aromatic N) is 3. The third-order valence-corrected chi connectivity index (χ3v) is 7.25. The van der Waals surface area contributed by atoms with Crippen LogP contribution in [-0.2, 0) is 22.3 Å². The van der Waals surface area contributed by atoms with Gasteiger partial charge in [-0.2, -0.15) is 5.10 Å². The zero-order valence-electron chi connectivity index (χ0n) is 20.2. The van der Waals surface area contributed by atoms with Crippen LogP contribution in [0.5, 0.6) is 0 Å². The minimum atomic E-state index is -3.70. The van der Waals surface area contributed by atoms with Crippen molar-refractivity contribution in [3.8, 4) is 5.69 Å². The van der Waals surface area contributed by atoms with Crippen molar-refractivity contribution in [2.24, 2.45) is 5.73 Å². The van der Waals surface area contributed by atoms with E-state index in [0.29, 0.717) is 22.0 Å². The Hall–Kier alpha value is -3.58. The second-order valence-corrected chi connectivity index (χ2v) is 11.3. The highest BCUT2D eigenvalue weighted by Gasteiger charge is 2.23. The van der Waals surface area contributed by atoms with Crippen LogP contribution in [-0.4, -0.2) is 34.4 Å². The van der Waals surface area contributed by atoms with Gasteiger partial charge in [-0.3, -0.25) is 19.2 Å². The van der Waals surface area contributed by atoms with E-state index in [1.807, 2.05) is 0 Å². The SMILES string of the molecule is CS(=O)(=O)Nc1n[nH]c2c(-n3c(C[C@@H](N)c4cc(F)cc(F)c4)nc4cccc(Cl)c4c3=O)ccc(CCl)c12.